The average molecular weight is 393 g/mol. The number of hydrogen-bond acceptors (Lipinski definition) is 2. The normalized spacial score (nSPS) is 36.6. The number of carbonyl (C=O) groups excluding carboxylic acids is 1. The Bertz CT molecular complexity index is 200. The zero-order valence-corrected chi connectivity index (χ0v) is 10.9. The Morgan fingerprint density at radius 2 is 2.42 bits per heavy atom. The van der Waals surface area contributed by atoms with Crippen LogP contribution in [-0.4, -0.2) is 28.2 Å². The van der Waals surface area contributed by atoms with E-state index in [0.717, 1.165) is 25.3 Å². The summed E-state index contributed by atoms with van der Waals surface area (Å²) >= 11 is 2.69. The molecule has 70 valence electrons. The molecule has 0 spiro atoms. The summed E-state index contributed by atoms with van der Waals surface area (Å²) in [5.74, 6) is 1.00. The molecule has 2 aliphatic rings. The van der Waals surface area contributed by atoms with E-state index < -0.39 is 0 Å². The molecule has 2 fully saturated rings. The van der Waals surface area contributed by atoms with Crippen LogP contribution in [0.3, 0.4) is 0 Å². The fourth-order valence-corrected chi connectivity index (χ4v) is 5.15. The van der Waals surface area contributed by atoms with E-state index in [0.29, 0.717) is 6.04 Å². The van der Waals surface area contributed by atoms with Crippen molar-refractivity contribution in [2.75, 3.05) is 13.1 Å². The molecule has 0 aromatic heterocycles. The van der Waals surface area contributed by atoms with Crippen LogP contribution in [0.25, 0.3) is 0 Å². The van der Waals surface area contributed by atoms with Gasteiger partial charge in [0.2, 0.25) is 0 Å². The zero-order valence-electron chi connectivity index (χ0n) is 6.59. The molecular weight excluding hydrogens is 382 g/mol. The summed E-state index contributed by atoms with van der Waals surface area (Å²) in [6.07, 6.45) is 1.85. The first kappa shape index (κ1) is 9.45. The summed E-state index contributed by atoms with van der Waals surface area (Å²) in [7, 11) is 0. The van der Waals surface area contributed by atoms with E-state index in [1.54, 1.807) is 0 Å². The molecule has 0 bridgehead atoms. The van der Waals surface area contributed by atoms with Crippen molar-refractivity contribution in [3.05, 3.63) is 0 Å². The van der Waals surface area contributed by atoms with Gasteiger partial charge < -0.3 is 0 Å². The summed E-state index contributed by atoms with van der Waals surface area (Å²) in [4.78, 5) is 11.1. The number of rotatable bonds is 1. The molecule has 0 aliphatic carbocycles. The summed E-state index contributed by atoms with van der Waals surface area (Å²) in [5.41, 5.74) is 0. The summed E-state index contributed by atoms with van der Waals surface area (Å²) in [6, 6.07) is 0.473. The third kappa shape index (κ3) is 1.87. The maximum atomic E-state index is 11.1. The van der Waals surface area contributed by atoms with Gasteiger partial charge in [0.05, 0.1) is 0 Å². The molecule has 0 aromatic rings. The summed E-state index contributed by atoms with van der Waals surface area (Å²) in [5, 5.41) is 3.08. The molecule has 2 saturated heterocycles. The number of nitrogens with zero attached hydrogens (tertiary/aromatic N) is 1. The third-order valence-corrected chi connectivity index (χ3v) is 7.34. The van der Waals surface area contributed by atoms with Crippen LogP contribution in [0.4, 0.5) is 0 Å². The summed E-state index contributed by atoms with van der Waals surface area (Å²) < 4.78 is 2.51. The first-order valence-corrected chi connectivity index (χ1v) is 11.3. The molecule has 1 amide bonds. The van der Waals surface area contributed by atoms with Crippen molar-refractivity contribution < 1.29 is 22.3 Å². The van der Waals surface area contributed by atoms with Crippen molar-refractivity contribution >= 4 is 24.5 Å². The van der Waals surface area contributed by atoms with Crippen LogP contribution in [-0.2, 0) is 4.79 Å². The quantitative estimate of drug-likeness (QED) is 0.397. The van der Waals surface area contributed by atoms with Gasteiger partial charge in [-0.05, 0) is 0 Å². The number of hydrogen-bond donors (Lipinski definition) is 1. The van der Waals surface area contributed by atoms with E-state index in [9.17, 15) is 4.79 Å². The van der Waals surface area contributed by atoms with Crippen molar-refractivity contribution in [3.63, 3.8) is 0 Å². The number of carbonyl (C=O) groups is 1. The number of amides is 1. The average Bonchev–Trinajstić information content (AvgIpc) is 2.46. The number of halogens is 2. The third-order valence-electron chi connectivity index (χ3n) is 2.58. The van der Waals surface area contributed by atoms with Crippen molar-refractivity contribution in [1.82, 2.24) is 8.43 Å². The number of nitrogens with one attached hydrogen (secondary N) is 1. The van der Waals surface area contributed by atoms with Gasteiger partial charge >= 0.3 is 93.1 Å². The Balaban J connectivity index is 1.97. The molecule has 3 nitrogen and oxygen atoms in total. The van der Waals surface area contributed by atoms with Crippen LogP contribution in [0.5, 0.6) is 0 Å². The maximum absolute atomic E-state index is 11.1. The van der Waals surface area contributed by atoms with Gasteiger partial charge in [-0.15, -0.1) is 0 Å². The van der Waals surface area contributed by atoms with Gasteiger partial charge in [-0.3, -0.25) is 0 Å². The van der Waals surface area contributed by atoms with E-state index in [-0.39, 0.29) is 23.4 Å². The molecule has 2 aliphatic heterocycles. The fraction of sp³-hybridized carbons (Fsp3) is 0.857. The van der Waals surface area contributed by atoms with Gasteiger partial charge in [0.1, 0.15) is 0 Å². The molecule has 0 saturated carbocycles. The Labute approximate surface area is 92.4 Å². The molecule has 2 heterocycles. The van der Waals surface area contributed by atoms with Gasteiger partial charge in [0, 0.05) is 0 Å². The van der Waals surface area contributed by atoms with Crippen molar-refractivity contribution in [1.29, 1.82) is 0 Å². The Morgan fingerprint density at radius 1 is 1.58 bits per heavy atom. The molecular formula is C7H11I2N2O-. The molecule has 0 aromatic carbocycles. The van der Waals surface area contributed by atoms with E-state index in [2.05, 4.69) is 27.0 Å². The predicted octanol–water partition coefficient (Wildman–Crippen LogP) is -2.45. The second-order valence-corrected chi connectivity index (χ2v) is 7.54. The number of piperidine rings is 1. The monoisotopic (exact) mass is 393 g/mol. The van der Waals surface area contributed by atoms with Crippen LogP contribution in [0, 0.1) is 5.92 Å². The SMILES string of the molecule is O=C1CCC2CN([I-]I)CC2N1. The Morgan fingerprint density at radius 3 is 3.17 bits per heavy atom. The van der Waals surface area contributed by atoms with Crippen molar-refractivity contribution in [2.45, 2.75) is 18.9 Å². The van der Waals surface area contributed by atoms with Crippen LogP contribution in [0.2, 0.25) is 0 Å². The fourth-order valence-electron chi connectivity index (χ4n) is 1.92. The Hall–Kier alpha value is 0.890. The second-order valence-electron chi connectivity index (χ2n) is 3.36. The first-order chi connectivity index (χ1) is 5.79. The minimum absolute atomic E-state index is 0.203. The zero-order chi connectivity index (χ0) is 8.55. The Kier molecular flexibility index (Phi) is 3.11. The van der Waals surface area contributed by atoms with Crippen LogP contribution < -0.4 is 22.8 Å². The molecule has 1 N–H and O–H groups in total. The molecule has 5 heteroatoms. The van der Waals surface area contributed by atoms with Gasteiger partial charge in [-0.1, -0.05) is 0 Å². The van der Waals surface area contributed by atoms with Crippen LogP contribution in [0.1, 0.15) is 12.8 Å². The predicted molar refractivity (Wildman–Crippen MR) is 50.2 cm³/mol. The molecule has 12 heavy (non-hydrogen) atoms. The second kappa shape index (κ2) is 3.95. The van der Waals surface area contributed by atoms with Gasteiger partial charge in [0.25, 0.3) is 0 Å². The van der Waals surface area contributed by atoms with E-state index >= 15 is 0 Å². The molecule has 0 radical (unpaired) electrons. The standard InChI is InChI=1S/C7H11I2N2O/c8-9-11-3-5-1-2-7(12)10-6(5)4-11/h5-6H,1-4H2,(H,10,12)/q-1. The minimum atomic E-state index is 0.203. The van der Waals surface area contributed by atoms with E-state index in [1.807, 2.05) is 0 Å². The molecule has 2 rings (SSSR count). The topological polar surface area (TPSA) is 32.3 Å². The van der Waals surface area contributed by atoms with Gasteiger partial charge in [-0.25, -0.2) is 0 Å². The van der Waals surface area contributed by atoms with Gasteiger partial charge in [0.15, 0.2) is 0 Å². The molecule has 2 unspecified atom stereocenters. The van der Waals surface area contributed by atoms with Crippen molar-refractivity contribution in [2.24, 2.45) is 5.92 Å². The molecule has 2 atom stereocenters. The first-order valence-electron chi connectivity index (χ1n) is 4.10. The van der Waals surface area contributed by atoms with E-state index in [1.165, 1.54) is 6.54 Å². The summed E-state index contributed by atoms with van der Waals surface area (Å²) in [6.45, 7) is 2.33. The number of fused-ring (bicyclic) bond motifs is 1. The van der Waals surface area contributed by atoms with Crippen LogP contribution in [0.15, 0.2) is 0 Å². The van der Waals surface area contributed by atoms with Crippen LogP contribution >= 0.6 is 18.6 Å². The van der Waals surface area contributed by atoms with E-state index in [4.69, 9.17) is 0 Å². The van der Waals surface area contributed by atoms with Crippen molar-refractivity contribution in [3.8, 4) is 0 Å². The van der Waals surface area contributed by atoms with Gasteiger partial charge in [-0.2, -0.15) is 0 Å².